The van der Waals surface area contributed by atoms with E-state index in [4.69, 9.17) is 0 Å². The number of rotatable bonds is 2. The molecule has 0 radical (unpaired) electrons. The third-order valence-electron chi connectivity index (χ3n) is 1.69. The summed E-state index contributed by atoms with van der Waals surface area (Å²) >= 11 is 0. The summed E-state index contributed by atoms with van der Waals surface area (Å²) in [6.45, 7) is 4.17. The van der Waals surface area contributed by atoms with Gasteiger partial charge in [0.05, 0.1) is 0 Å². The molecular weight excluding hydrogens is 126 g/mol. The Balaban J connectivity index is 2.97. The first-order valence-corrected chi connectivity index (χ1v) is 3.66. The van der Waals surface area contributed by atoms with Crippen LogP contribution in [0, 0.1) is 0 Å². The minimum Gasteiger partial charge on any atom is -0.318 e. The maximum absolute atomic E-state index is 4.02. The molecule has 0 bridgehead atoms. The quantitative estimate of drug-likeness (QED) is 0.610. The molecule has 0 amide bonds. The SMILES string of the molecule is CCc1nnc(CC)n1C. The summed E-state index contributed by atoms with van der Waals surface area (Å²) in [6.07, 6.45) is 1.92. The standard InChI is InChI=1S/C7H13N3/c1-4-6-8-9-7(5-2)10(6)3/h4-5H2,1-3H3. The summed E-state index contributed by atoms with van der Waals surface area (Å²) in [5.74, 6) is 2.13. The summed E-state index contributed by atoms with van der Waals surface area (Å²) < 4.78 is 2.06. The van der Waals surface area contributed by atoms with E-state index >= 15 is 0 Å². The van der Waals surface area contributed by atoms with Crippen LogP contribution in [-0.2, 0) is 19.9 Å². The van der Waals surface area contributed by atoms with Crippen molar-refractivity contribution < 1.29 is 0 Å². The molecule has 3 nitrogen and oxygen atoms in total. The van der Waals surface area contributed by atoms with E-state index in [2.05, 4.69) is 28.6 Å². The zero-order valence-electron chi connectivity index (χ0n) is 6.76. The van der Waals surface area contributed by atoms with Gasteiger partial charge in [0.25, 0.3) is 0 Å². The van der Waals surface area contributed by atoms with Crippen LogP contribution in [0.15, 0.2) is 0 Å². The highest BCUT2D eigenvalue weighted by molar-refractivity contribution is 4.93. The molecule has 0 aliphatic rings. The molecule has 0 spiro atoms. The smallest absolute Gasteiger partial charge is 0.132 e. The highest BCUT2D eigenvalue weighted by atomic mass is 15.3. The van der Waals surface area contributed by atoms with E-state index in [1.165, 1.54) is 0 Å². The lowest BCUT2D eigenvalue weighted by Crippen LogP contribution is -1.99. The predicted octanol–water partition coefficient (Wildman–Crippen LogP) is 0.940. The predicted molar refractivity (Wildman–Crippen MR) is 39.8 cm³/mol. The van der Waals surface area contributed by atoms with Crippen LogP contribution in [0.5, 0.6) is 0 Å². The molecule has 0 saturated heterocycles. The van der Waals surface area contributed by atoms with Gasteiger partial charge in [0.2, 0.25) is 0 Å². The third kappa shape index (κ3) is 1.03. The van der Waals surface area contributed by atoms with Crippen LogP contribution in [0.25, 0.3) is 0 Å². The van der Waals surface area contributed by atoms with Crippen LogP contribution in [0.4, 0.5) is 0 Å². The summed E-state index contributed by atoms with van der Waals surface area (Å²) in [6, 6.07) is 0. The van der Waals surface area contributed by atoms with Crippen LogP contribution in [0.2, 0.25) is 0 Å². The van der Waals surface area contributed by atoms with Gasteiger partial charge >= 0.3 is 0 Å². The van der Waals surface area contributed by atoms with Gasteiger partial charge in [-0.3, -0.25) is 0 Å². The minimum absolute atomic E-state index is 0.962. The van der Waals surface area contributed by atoms with E-state index in [9.17, 15) is 0 Å². The van der Waals surface area contributed by atoms with Crippen molar-refractivity contribution in [1.82, 2.24) is 14.8 Å². The second kappa shape index (κ2) is 2.82. The Kier molecular flexibility index (Phi) is 2.04. The average Bonchev–Trinajstić information content (AvgIpc) is 2.30. The number of hydrogen-bond acceptors (Lipinski definition) is 2. The van der Waals surface area contributed by atoms with Crippen LogP contribution < -0.4 is 0 Å². The fraction of sp³-hybridized carbons (Fsp3) is 0.714. The Morgan fingerprint density at radius 2 is 1.50 bits per heavy atom. The number of nitrogens with zero attached hydrogens (tertiary/aromatic N) is 3. The first-order valence-electron chi connectivity index (χ1n) is 3.66. The highest BCUT2D eigenvalue weighted by Gasteiger charge is 2.02. The molecule has 56 valence electrons. The molecule has 1 rings (SSSR count). The summed E-state index contributed by atoms with van der Waals surface area (Å²) in [7, 11) is 2.01. The fourth-order valence-corrected chi connectivity index (χ4v) is 1.01. The third-order valence-corrected chi connectivity index (χ3v) is 1.69. The Hall–Kier alpha value is -0.860. The minimum atomic E-state index is 0.962. The van der Waals surface area contributed by atoms with Crippen molar-refractivity contribution in [3.05, 3.63) is 11.6 Å². The largest absolute Gasteiger partial charge is 0.318 e. The maximum Gasteiger partial charge on any atom is 0.132 e. The van der Waals surface area contributed by atoms with Gasteiger partial charge in [0, 0.05) is 19.9 Å². The van der Waals surface area contributed by atoms with Gasteiger partial charge in [-0.05, 0) is 0 Å². The molecule has 0 atom stereocenters. The van der Waals surface area contributed by atoms with Gasteiger partial charge in [0.1, 0.15) is 11.6 Å². The molecule has 0 aliphatic carbocycles. The van der Waals surface area contributed by atoms with Crippen molar-refractivity contribution in [2.24, 2.45) is 7.05 Å². The van der Waals surface area contributed by atoms with Gasteiger partial charge < -0.3 is 4.57 Å². The lowest BCUT2D eigenvalue weighted by atomic mass is 10.4. The Morgan fingerprint density at radius 3 is 1.70 bits per heavy atom. The monoisotopic (exact) mass is 139 g/mol. The number of aryl methyl sites for hydroxylation is 2. The molecule has 0 N–H and O–H groups in total. The lowest BCUT2D eigenvalue weighted by Gasteiger charge is -1.97. The van der Waals surface area contributed by atoms with Gasteiger partial charge in [-0.25, -0.2) is 0 Å². The first-order chi connectivity index (χ1) is 4.79. The number of hydrogen-bond donors (Lipinski definition) is 0. The molecule has 0 saturated carbocycles. The van der Waals surface area contributed by atoms with Crippen molar-refractivity contribution in [3.63, 3.8) is 0 Å². The van der Waals surface area contributed by atoms with E-state index < -0.39 is 0 Å². The van der Waals surface area contributed by atoms with Crippen LogP contribution in [-0.4, -0.2) is 14.8 Å². The molecule has 1 heterocycles. The van der Waals surface area contributed by atoms with Crippen LogP contribution in [0.3, 0.4) is 0 Å². The van der Waals surface area contributed by atoms with Crippen molar-refractivity contribution >= 4 is 0 Å². The lowest BCUT2D eigenvalue weighted by molar-refractivity contribution is 0.760. The Labute approximate surface area is 61.1 Å². The zero-order chi connectivity index (χ0) is 7.56. The average molecular weight is 139 g/mol. The van der Waals surface area contributed by atoms with E-state index in [0.717, 1.165) is 24.5 Å². The molecule has 1 aromatic rings. The van der Waals surface area contributed by atoms with Crippen LogP contribution >= 0.6 is 0 Å². The van der Waals surface area contributed by atoms with E-state index in [1.807, 2.05) is 7.05 Å². The van der Waals surface area contributed by atoms with E-state index in [0.29, 0.717) is 0 Å². The van der Waals surface area contributed by atoms with Gasteiger partial charge in [-0.15, -0.1) is 10.2 Å². The molecule has 1 aromatic heterocycles. The number of aromatic nitrogens is 3. The van der Waals surface area contributed by atoms with Gasteiger partial charge in [-0.1, -0.05) is 13.8 Å². The molecule has 10 heavy (non-hydrogen) atoms. The molecule has 0 aromatic carbocycles. The van der Waals surface area contributed by atoms with Gasteiger partial charge in [-0.2, -0.15) is 0 Å². The molecule has 0 unspecified atom stereocenters. The fourth-order valence-electron chi connectivity index (χ4n) is 1.01. The molecule has 0 fully saturated rings. The van der Waals surface area contributed by atoms with Crippen LogP contribution in [0.1, 0.15) is 25.5 Å². The molecule has 0 aliphatic heterocycles. The van der Waals surface area contributed by atoms with Crippen molar-refractivity contribution in [1.29, 1.82) is 0 Å². The second-order valence-electron chi connectivity index (χ2n) is 2.30. The van der Waals surface area contributed by atoms with E-state index in [1.54, 1.807) is 0 Å². The van der Waals surface area contributed by atoms with E-state index in [-0.39, 0.29) is 0 Å². The van der Waals surface area contributed by atoms with Crippen molar-refractivity contribution in [2.75, 3.05) is 0 Å². The normalized spacial score (nSPS) is 10.3. The maximum atomic E-state index is 4.02. The summed E-state index contributed by atoms with van der Waals surface area (Å²) in [5.41, 5.74) is 0. The van der Waals surface area contributed by atoms with Crippen molar-refractivity contribution in [3.8, 4) is 0 Å². The Bertz CT molecular complexity index is 193. The topological polar surface area (TPSA) is 30.7 Å². The summed E-state index contributed by atoms with van der Waals surface area (Å²) in [4.78, 5) is 0. The second-order valence-corrected chi connectivity index (χ2v) is 2.30. The first kappa shape index (κ1) is 7.25. The zero-order valence-corrected chi connectivity index (χ0v) is 6.76. The highest BCUT2D eigenvalue weighted by Crippen LogP contribution is 1.99. The summed E-state index contributed by atoms with van der Waals surface area (Å²) in [5, 5.41) is 8.04. The van der Waals surface area contributed by atoms with Gasteiger partial charge in [0.15, 0.2) is 0 Å². The molecule has 3 heteroatoms. The Morgan fingerprint density at radius 1 is 1.10 bits per heavy atom. The van der Waals surface area contributed by atoms with Crippen molar-refractivity contribution in [2.45, 2.75) is 26.7 Å². The molecular formula is C7H13N3.